The van der Waals surface area contributed by atoms with E-state index in [9.17, 15) is 57.5 Å². The number of nitrogens with zero attached hydrogens (tertiary/aromatic N) is 4. The number of carbonyl (C=O) groups is 1. The first-order valence-corrected chi connectivity index (χ1v) is 15.5. The molecular weight excluding hydrogens is 760 g/mol. The fraction of sp³-hybridized carbons (Fsp3) is 0.139. The van der Waals surface area contributed by atoms with Crippen molar-refractivity contribution < 1.29 is 57.5 Å². The van der Waals surface area contributed by atoms with Gasteiger partial charge in [-0.1, -0.05) is 0 Å². The lowest BCUT2D eigenvalue weighted by molar-refractivity contribution is -0.142. The van der Waals surface area contributed by atoms with Gasteiger partial charge in [-0.25, -0.2) is 35.7 Å². The maximum absolute atomic E-state index is 13.6. The minimum atomic E-state index is -4.59. The Kier molecular flexibility index (Phi) is 11.3. The number of alkyl halides is 6. The summed E-state index contributed by atoms with van der Waals surface area (Å²) in [6, 6.07) is 15.2. The summed E-state index contributed by atoms with van der Waals surface area (Å²) >= 11 is 0. The molecule has 6 rings (SSSR count). The molecule has 0 fully saturated rings. The van der Waals surface area contributed by atoms with Crippen LogP contribution in [-0.2, 0) is 18.9 Å². The standard InChI is InChI=1S/C18H11F6N3O.C18H13F6N3/c1-9-6-15(18(22,23)24)26-27(9)12-4-2-11(3-5-12)25-17(28)16-13(20)7-10(19)8-14(16)21;1-10-6-17(18(22,23)24)26-27(10)13-4-2-12(3-5-13)25-9-14-15(20)7-11(19)8-16(14)21/h2-8H,1H3,(H,25,28);2-8,25H,9H2,1H3. The summed E-state index contributed by atoms with van der Waals surface area (Å²) in [5.74, 6) is -8.06. The van der Waals surface area contributed by atoms with Crippen molar-refractivity contribution in [1.29, 1.82) is 0 Å². The lowest BCUT2D eigenvalue weighted by Gasteiger charge is -2.10. The van der Waals surface area contributed by atoms with Gasteiger partial charge >= 0.3 is 12.4 Å². The first-order valence-electron chi connectivity index (χ1n) is 15.5. The van der Waals surface area contributed by atoms with Crippen LogP contribution in [0.3, 0.4) is 0 Å². The molecular formula is C36H24F12N6O. The molecule has 2 heterocycles. The Hall–Kier alpha value is -6.27. The second kappa shape index (κ2) is 15.6. The van der Waals surface area contributed by atoms with Gasteiger partial charge in [0.05, 0.1) is 11.4 Å². The van der Waals surface area contributed by atoms with Crippen molar-refractivity contribution in [2.75, 3.05) is 10.6 Å². The molecule has 288 valence electrons. The van der Waals surface area contributed by atoms with Crippen molar-refractivity contribution >= 4 is 17.3 Å². The highest BCUT2D eigenvalue weighted by molar-refractivity contribution is 6.04. The van der Waals surface area contributed by atoms with Crippen LogP contribution < -0.4 is 10.6 Å². The van der Waals surface area contributed by atoms with E-state index in [2.05, 4.69) is 20.8 Å². The Morgan fingerprint density at radius 3 is 1.35 bits per heavy atom. The third-order valence-electron chi connectivity index (χ3n) is 7.65. The highest BCUT2D eigenvalue weighted by Gasteiger charge is 2.35. The third kappa shape index (κ3) is 9.46. The molecule has 2 N–H and O–H groups in total. The molecule has 55 heavy (non-hydrogen) atoms. The van der Waals surface area contributed by atoms with E-state index in [1.165, 1.54) is 62.4 Å². The van der Waals surface area contributed by atoms with Gasteiger partial charge in [0.2, 0.25) is 0 Å². The number of aryl methyl sites for hydroxylation is 2. The van der Waals surface area contributed by atoms with Crippen LogP contribution in [0.25, 0.3) is 11.4 Å². The Bertz CT molecular complexity index is 2280. The smallest absolute Gasteiger partial charge is 0.381 e. The van der Waals surface area contributed by atoms with Gasteiger partial charge in [0.1, 0.15) is 40.5 Å². The van der Waals surface area contributed by atoms with Crippen molar-refractivity contribution in [3.8, 4) is 11.4 Å². The predicted octanol–water partition coefficient (Wildman–Crippen LogP) is 10.1. The van der Waals surface area contributed by atoms with Gasteiger partial charge in [0.25, 0.3) is 5.91 Å². The summed E-state index contributed by atoms with van der Waals surface area (Å²) in [6.45, 7) is 2.71. The highest BCUT2D eigenvalue weighted by Crippen LogP contribution is 2.31. The zero-order valence-electron chi connectivity index (χ0n) is 28.0. The normalized spacial score (nSPS) is 11.6. The van der Waals surface area contributed by atoms with Crippen LogP contribution in [0.5, 0.6) is 0 Å². The summed E-state index contributed by atoms with van der Waals surface area (Å²) in [5, 5.41) is 12.0. The summed E-state index contributed by atoms with van der Waals surface area (Å²) in [5.41, 5.74) is -1.51. The van der Waals surface area contributed by atoms with E-state index in [4.69, 9.17) is 0 Å². The third-order valence-corrected chi connectivity index (χ3v) is 7.65. The first-order chi connectivity index (χ1) is 25.7. The van der Waals surface area contributed by atoms with Crippen molar-refractivity contribution in [1.82, 2.24) is 19.6 Å². The molecule has 0 bridgehead atoms. The summed E-state index contributed by atoms with van der Waals surface area (Å²) in [6.07, 6.45) is -9.13. The number of halogens is 12. The monoisotopic (exact) mass is 784 g/mol. The van der Waals surface area contributed by atoms with Crippen LogP contribution in [0.15, 0.2) is 84.9 Å². The van der Waals surface area contributed by atoms with E-state index in [1.54, 1.807) is 0 Å². The molecule has 0 saturated heterocycles. The highest BCUT2D eigenvalue weighted by atomic mass is 19.4. The quantitative estimate of drug-likeness (QED) is 0.158. The van der Waals surface area contributed by atoms with Crippen LogP contribution in [0.1, 0.15) is 38.7 Å². The fourth-order valence-corrected chi connectivity index (χ4v) is 5.04. The minimum Gasteiger partial charge on any atom is -0.381 e. The molecule has 0 aliphatic heterocycles. The van der Waals surface area contributed by atoms with E-state index in [1.807, 2.05) is 0 Å². The molecule has 0 aliphatic carbocycles. The SMILES string of the molecule is Cc1cc(C(F)(F)F)nn1-c1ccc(NC(=O)c2c(F)cc(F)cc2F)cc1.Cc1cc(C(F)(F)F)nn1-c1ccc(NCc2c(F)cc(F)cc2F)cc1. The maximum atomic E-state index is 13.6. The van der Waals surface area contributed by atoms with Gasteiger partial charge in [-0.05, 0) is 74.5 Å². The van der Waals surface area contributed by atoms with Crippen LogP contribution in [0.4, 0.5) is 64.1 Å². The zero-order chi connectivity index (χ0) is 40.4. The first kappa shape index (κ1) is 39.9. The van der Waals surface area contributed by atoms with E-state index < -0.39 is 70.1 Å². The van der Waals surface area contributed by atoms with Crippen LogP contribution >= 0.6 is 0 Å². The Balaban J connectivity index is 0.000000211. The molecule has 6 aromatic rings. The molecule has 0 atom stereocenters. The summed E-state index contributed by atoms with van der Waals surface area (Å²) < 4.78 is 159. The van der Waals surface area contributed by atoms with Crippen LogP contribution in [-0.4, -0.2) is 25.5 Å². The molecule has 4 aromatic carbocycles. The van der Waals surface area contributed by atoms with Crippen LogP contribution in [0.2, 0.25) is 0 Å². The average Bonchev–Trinajstić information content (AvgIpc) is 3.68. The zero-order valence-corrected chi connectivity index (χ0v) is 28.0. The molecule has 0 radical (unpaired) electrons. The number of aromatic nitrogens is 4. The molecule has 0 spiro atoms. The van der Waals surface area contributed by atoms with E-state index in [0.717, 1.165) is 21.5 Å². The number of hydrogen-bond acceptors (Lipinski definition) is 4. The molecule has 0 aliphatic rings. The number of nitrogens with one attached hydrogen (secondary N) is 2. The minimum absolute atomic E-state index is 0.123. The maximum Gasteiger partial charge on any atom is 0.435 e. The molecule has 0 unspecified atom stereocenters. The van der Waals surface area contributed by atoms with Gasteiger partial charge in [-0.3, -0.25) is 4.79 Å². The van der Waals surface area contributed by atoms with Crippen molar-refractivity contribution in [2.45, 2.75) is 32.7 Å². The predicted molar refractivity (Wildman–Crippen MR) is 175 cm³/mol. The van der Waals surface area contributed by atoms with Gasteiger partial charge in [-0.2, -0.15) is 36.5 Å². The summed E-state index contributed by atoms with van der Waals surface area (Å²) in [4.78, 5) is 12.0. The summed E-state index contributed by atoms with van der Waals surface area (Å²) in [7, 11) is 0. The number of hydrogen-bond donors (Lipinski definition) is 2. The Morgan fingerprint density at radius 2 is 0.964 bits per heavy atom. The van der Waals surface area contributed by atoms with Crippen molar-refractivity contribution in [3.05, 3.63) is 154 Å². The number of benzene rings is 4. The number of rotatable bonds is 7. The van der Waals surface area contributed by atoms with E-state index >= 15 is 0 Å². The van der Waals surface area contributed by atoms with Crippen LogP contribution in [0, 0.1) is 48.8 Å². The van der Waals surface area contributed by atoms with E-state index in [0.29, 0.717) is 41.3 Å². The second-order valence-electron chi connectivity index (χ2n) is 11.7. The molecule has 7 nitrogen and oxygen atoms in total. The van der Waals surface area contributed by atoms with E-state index in [-0.39, 0.29) is 29.2 Å². The van der Waals surface area contributed by atoms with Gasteiger partial charge in [0, 0.05) is 59.1 Å². The molecule has 2 aromatic heterocycles. The Labute approximate surface area is 302 Å². The fourth-order valence-electron chi connectivity index (χ4n) is 5.04. The number of anilines is 2. The lowest BCUT2D eigenvalue weighted by Crippen LogP contribution is -2.16. The van der Waals surface area contributed by atoms with Crippen molar-refractivity contribution in [3.63, 3.8) is 0 Å². The van der Waals surface area contributed by atoms with Crippen molar-refractivity contribution in [2.24, 2.45) is 0 Å². The molecule has 0 saturated carbocycles. The number of carbonyl (C=O) groups excluding carboxylic acids is 1. The Morgan fingerprint density at radius 1 is 0.582 bits per heavy atom. The lowest BCUT2D eigenvalue weighted by atomic mass is 10.1. The van der Waals surface area contributed by atoms with Gasteiger partial charge in [0.15, 0.2) is 11.4 Å². The average molecular weight is 785 g/mol. The molecule has 19 heteroatoms. The second-order valence-corrected chi connectivity index (χ2v) is 11.7. The topological polar surface area (TPSA) is 76.8 Å². The number of amides is 1. The van der Waals surface area contributed by atoms with Gasteiger partial charge < -0.3 is 10.6 Å². The molecule has 1 amide bonds. The van der Waals surface area contributed by atoms with Gasteiger partial charge in [-0.15, -0.1) is 0 Å². The largest absolute Gasteiger partial charge is 0.435 e.